The maximum absolute atomic E-state index is 12.8. The third kappa shape index (κ3) is 6.71. The molecule has 1 N–H and O–H groups in total. The number of amides is 2. The first-order chi connectivity index (χ1) is 17.4. The molecule has 0 radical (unpaired) electrons. The van der Waals surface area contributed by atoms with E-state index in [1.54, 1.807) is 29.2 Å². The van der Waals surface area contributed by atoms with E-state index in [4.69, 9.17) is 9.47 Å². The Balaban J connectivity index is 1.52. The molecule has 0 aliphatic carbocycles. The zero-order valence-corrected chi connectivity index (χ0v) is 21.2. The second-order valence-electron chi connectivity index (χ2n) is 8.76. The van der Waals surface area contributed by atoms with E-state index in [-0.39, 0.29) is 18.9 Å². The van der Waals surface area contributed by atoms with Crippen molar-refractivity contribution in [1.29, 1.82) is 0 Å². The number of aryl methyl sites for hydroxylation is 2. The first-order valence-corrected chi connectivity index (χ1v) is 12.5. The van der Waals surface area contributed by atoms with Crippen LogP contribution in [0.3, 0.4) is 0 Å². The van der Waals surface area contributed by atoms with Gasteiger partial charge in [-0.05, 0) is 54.7 Å². The number of ether oxygens (including phenoxy) is 2. The molecule has 36 heavy (non-hydrogen) atoms. The van der Waals surface area contributed by atoms with Gasteiger partial charge in [-0.3, -0.25) is 14.4 Å². The van der Waals surface area contributed by atoms with Gasteiger partial charge < -0.3 is 19.7 Å². The first-order valence-electron chi connectivity index (χ1n) is 12.5. The van der Waals surface area contributed by atoms with Crippen molar-refractivity contribution >= 4 is 35.1 Å². The summed E-state index contributed by atoms with van der Waals surface area (Å²) in [5.41, 5.74) is 3.87. The van der Waals surface area contributed by atoms with Crippen molar-refractivity contribution in [3.63, 3.8) is 0 Å². The average Bonchev–Trinajstić information content (AvgIpc) is 3.28. The Labute approximate surface area is 212 Å². The predicted octanol–water partition coefficient (Wildman–Crippen LogP) is 4.30. The van der Waals surface area contributed by atoms with Crippen molar-refractivity contribution in [1.82, 2.24) is 0 Å². The molecular weight excluding hydrogens is 460 g/mol. The Kier molecular flexibility index (Phi) is 9.61. The summed E-state index contributed by atoms with van der Waals surface area (Å²) in [5.74, 6) is -2.24. The van der Waals surface area contributed by atoms with Gasteiger partial charge in [0.05, 0.1) is 18.1 Å². The maximum atomic E-state index is 12.8. The highest BCUT2D eigenvalue weighted by Crippen LogP contribution is 2.32. The number of hydrogen-bond acceptors (Lipinski definition) is 6. The lowest BCUT2D eigenvalue weighted by molar-refractivity contribution is -0.151. The first kappa shape index (κ1) is 26.9. The Morgan fingerprint density at radius 1 is 0.972 bits per heavy atom. The molecule has 1 aliphatic rings. The predicted molar refractivity (Wildman–Crippen MR) is 137 cm³/mol. The highest BCUT2D eigenvalue weighted by atomic mass is 16.5. The number of anilines is 2. The summed E-state index contributed by atoms with van der Waals surface area (Å²) in [6, 6.07) is 12.3. The lowest BCUT2D eigenvalue weighted by Gasteiger charge is -2.23. The molecule has 0 saturated carbocycles. The van der Waals surface area contributed by atoms with E-state index in [0.717, 1.165) is 42.5 Å². The standard InChI is InChI=1S/C28H34N2O6/c1-4-7-15-35-27(33)21-11-13-23(14-12-21)29-24(31)18-36-28(34)22-16-25(32)30(17-22)26-19(5-2)9-8-10-20(26)6-3/h8-14,22H,4-7,15-18H2,1-3H3,(H,29,31)/t22-/m0/s1. The number of esters is 2. The number of rotatable bonds is 11. The quantitative estimate of drug-likeness (QED) is 0.369. The van der Waals surface area contributed by atoms with E-state index in [1.807, 2.05) is 39.0 Å². The average molecular weight is 495 g/mol. The fourth-order valence-corrected chi connectivity index (χ4v) is 4.18. The second kappa shape index (κ2) is 12.9. The van der Waals surface area contributed by atoms with Gasteiger partial charge in [0.2, 0.25) is 5.91 Å². The van der Waals surface area contributed by atoms with E-state index in [9.17, 15) is 19.2 Å². The van der Waals surface area contributed by atoms with Crippen LogP contribution in [0.15, 0.2) is 42.5 Å². The van der Waals surface area contributed by atoms with Gasteiger partial charge in [-0.25, -0.2) is 4.79 Å². The summed E-state index contributed by atoms with van der Waals surface area (Å²) in [5, 5.41) is 2.63. The number of carbonyl (C=O) groups excluding carboxylic acids is 4. The van der Waals surface area contributed by atoms with Crippen molar-refractivity contribution in [2.75, 3.05) is 30.0 Å². The van der Waals surface area contributed by atoms with Crippen molar-refractivity contribution in [2.24, 2.45) is 5.92 Å². The van der Waals surface area contributed by atoms with Crippen LogP contribution < -0.4 is 10.2 Å². The Bertz CT molecular complexity index is 1070. The zero-order chi connectivity index (χ0) is 26.1. The van der Waals surface area contributed by atoms with E-state index in [1.165, 1.54) is 0 Å². The normalized spacial score (nSPS) is 15.0. The van der Waals surface area contributed by atoms with Crippen LogP contribution in [0.4, 0.5) is 11.4 Å². The topological polar surface area (TPSA) is 102 Å². The molecule has 0 bridgehead atoms. The number of nitrogens with zero attached hydrogens (tertiary/aromatic N) is 1. The van der Waals surface area contributed by atoms with Gasteiger partial charge in [-0.15, -0.1) is 0 Å². The monoisotopic (exact) mass is 494 g/mol. The molecule has 0 aromatic heterocycles. The van der Waals surface area contributed by atoms with Gasteiger partial charge in [0, 0.05) is 24.3 Å². The highest BCUT2D eigenvalue weighted by Gasteiger charge is 2.37. The number of carbonyl (C=O) groups is 4. The molecule has 192 valence electrons. The SMILES string of the molecule is CCCCOC(=O)c1ccc(NC(=O)COC(=O)[C@H]2CC(=O)N(c3c(CC)cccc3CC)C2)cc1. The molecule has 8 heteroatoms. The Morgan fingerprint density at radius 3 is 2.25 bits per heavy atom. The van der Waals surface area contributed by atoms with Crippen LogP contribution in [0, 0.1) is 5.92 Å². The van der Waals surface area contributed by atoms with Crippen molar-refractivity contribution < 1.29 is 28.7 Å². The molecule has 1 atom stereocenters. The van der Waals surface area contributed by atoms with Gasteiger partial charge in [0.25, 0.3) is 5.91 Å². The second-order valence-corrected chi connectivity index (χ2v) is 8.76. The number of para-hydroxylation sites is 1. The van der Waals surface area contributed by atoms with Crippen molar-refractivity contribution in [2.45, 2.75) is 52.9 Å². The largest absolute Gasteiger partial charge is 0.462 e. The molecule has 1 heterocycles. The van der Waals surface area contributed by atoms with Crippen LogP contribution in [0.1, 0.15) is 61.5 Å². The smallest absolute Gasteiger partial charge is 0.338 e. The molecule has 1 aliphatic heterocycles. The molecule has 0 spiro atoms. The molecule has 2 amide bonds. The summed E-state index contributed by atoms with van der Waals surface area (Å²) in [7, 11) is 0. The third-order valence-corrected chi connectivity index (χ3v) is 6.17. The molecule has 1 saturated heterocycles. The highest BCUT2D eigenvalue weighted by molar-refractivity contribution is 6.01. The van der Waals surface area contributed by atoms with Crippen LogP contribution in [-0.4, -0.2) is 43.5 Å². The zero-order valence-electron chi connectivity index (χ0n) is 21.2. The van der Waals surface area contributed by atoms with Crippen LogP contribution in [0.25, 0.3) is 0 Å². The van der Waals surface area contributed by atoms with Crippen LogP contribution >= 0.6 is 0 Å². The van der Waals surface area contributed by atoms with E-state index < -0.39 is 30.4 Å². The minimum Gasteiger partial charge on any atom is -0.462 e. The number of benzene rings is 2. The minimum atomic E-state index is -0.627. The summed E-state index contributed by atoms with van der Waals surface area (Å²) in [4.78, 5) is 51.3. The molecule has 2 aromatic rings. The van der Waals surface area contributed by atoms with Gasteiger partial charge in [-0.1, -0.05) is 45.4 Å². The van der Waals surface area contributed by atoms with Gasteiger partial charge in [0.15, 0.2) is 6.61 Å². The van der Waals surface area contributed by atoms with Crippen LogP contribution in [0.2, 0.25) is 0 Å². The van der Waals surface area contributed by atoms with E-state index in [0.29, 0.717) is 17.9 Å². The third-order valence-electron chi connectivity index (χ3n) is 6.17. The molecule has 0 unspecified atom stereocenters. The Hall–Kier alpha value is -3.68. The summed E-state index contributed by atoms with van der Waals surface area (Å²) in [6.07, 6.45) is 3.35. The van der Waals surface area contributed by atoms with Crippen molar-refractivity contribution in [3.8, 4) is 0 Å². The lowest BCUT2D eigenvalue weighted by atomic mass is 10.0. The fraction of sp³-hybridized carbons (Fsp3) is 0.429. The summed E-state index contributed by atoms with van der Waals surface area (Å²) < 4.78 is 10.4. The van der Waals surface area contributed by atoms with Crippen LogP contribution in [-0.2, 0) is 36.7 Å². The molecule has 3 rings (SSSR count). The molecule has 2 aromatic carbocycles. The van der Waals surface area contributed by atoms with Crippen molar-refractivity contribution in [3.05, 3.63) is 59.2 Å². The molecule has 8 nitrogen and oxygen atoms in total. The number of unbranched alkanes of at least 4 members (excludes halogenated alkanes) is 1. The van der Waals surface area contributed by atoms with Crippen LogP contribution in [0.5, 0.6) is 0 Å². The van der Waals surface area contributed by atoms with E-state index in [2.05, 4.69) is 5.32 Å². The summed E-state index contributed by atoms with van der Waals surface area (Å²) in [6.45, 7) is 6.23. The van der Waals surface area contributed by atoms with Gasteiger partial charge in [0.1, 0.15) is 0 Å². The number of nitrogens with one attached hydrogen (secondary N) is 1. The molecule has 1 fully saturated rings. The Morgan fingerprint density at radius 2 is 1.64 bits per heavy atom. The molecular formula is C28H34N2O6. The lowest BCUT2D eigenvalue weighted by Crippen LogP contribution is -2.29. The fourth-order valence-electron chi connectivity index (χ4n) is 4.18. The number of hydrogen-bond donors (Lipinski definition) is 1. The van der Waals surface area contributed by atoms with Gasteiger partial charge >= 0.3 is 11.9 Å². The maximum Gasteiger partial charge on any atom is 0.338 e. The summed E-state index contributed by atoms with van der Waals surface area (Å²) >= 11 is 0. The van der Waals surface area contributed by atoms with E-state index >= 15 is 0 Å². The van der Waals surface area contributed by atoms with Gasteiger partial charge in [-0.2, -0.15) is 0 Å². The minimum absolute atomic E-state index is 0.0530.